The van der Waals surface area contributed by atoms with Crippen molar-refractivity contribution in [3.63, 3.8) is 0 Å². The number of nitrogens with two attached hydrogens (primary N) is 1. The first kappa shape index (κ1) is 16.8. The molecular weight excluding hydrogens is 323 g/mol. The van der Waals surface area contributed by atoms with Gasteiger partial charge in [0.05, 0.1) is 12.7 Å². The summed E-state index contributed by atoms with van der Waals surface area (Å²) >= 11 is 0. The van der Waals surface area contributed by atoms with Gasteiger partial charge in [-0.15, -0.1) is 5.92 Å². The van der Waals surface area contributed by atoms with E-state index in [2.05, 4.69) is 11.9 Å². The number of ether oxygens (including phenoxy) is 2. The number of hydrogen-bond acceptors (Lipinski definition) is 5. The number of nitrogen functional groups attached to an aromatic ring is 1. The molecule has 0 saturated carbocycles. The van der Waals surface area contributed by atoms with Crippen LogP contribution in [0.1, 0.15) is 20.1 Å². The van der Waals surface area contributed by atoms with Crippen LogP contribution in [-0.2, 0) is 42.2 Å². The van der Waals surface area contributed by atoms with Gasteiger partial charge >= 0.3 is 5.69 Å². The molecule has 1 aromatic rings. The van der Waals surface area contributed by atoms with Crippen molar-refractivity contribution in [2.75, 3.05) is 19.5 Å². The van der Waals surface area contributed by atoms with Gasteiger partial charge < -0.3 is 19.8 Å². The van der Waals surface area contributed by atoms with Gasteiger partial charge in [-0.05, 0) is 6.07 Å². The molecule has 2 heterocycles. The van der Waals surface area contributed by atoms with E-state index >= 15 is 0 Å². The Labute approximate surface area is 137 Å². The Morgan fingerprint density at radius 1 is 1.63 bits per heavy atom. The Morgan fingerprint density at radius 3 is 2.89 bits per heavy atom. The third-order valence-electron chi connectivity index (χ3n) is 3.40. The molecule has 1 radical (unpaired) electrons. The van der Waals surface area contributed by atoms with Crippen molar-refractivity contribution < 1.29 is 42.2 Å². The van der Waals surface area contributed by atoms with Gasteiger partial charge in [-0.1, -0.05) is 6.92 Å². The predicted octanol–water partition coefficient (Wildman–Crippen LogP) is 0.597. The standard InChI is InChI=1S/C12H18N3O3.Y/c1-7-8(2)11(18-9(7)6-17-3)15-5-4-10(13)14-12(15)16;/h4-5,7,9,11H,6H2,1-3H3,(H2,13,14,16);/q-1;/t7-,9+,11+;/m0./s1. The fourth-order valence-corrected chi connectivity index (χ4v) is 2.15. The minimum Gasteiger partial charge on any atom is -0.386 e. The van der Waals surface area contributed by atoms with Crippen molar-refractivity contribution in [3.8, 4) is 0 Å². The molecule has 1 aromatic heterocycles. The second-order valence-electron chi connectivity index (χ2n) is 4.56. The van der Waals surface area contributed by atoms with Crippen LogP contribution in [0.3, 0.4) is 0 Å². The van der Waals surface area contributed by atoms with Crippen LogP contribution in [0.4, 0.5) is 5.82 Å². The van der Waals surface area contributed by atoms with Crippen LogP contribution in [0.2, 0.25) is 0 Å². The van der Waals surface area contributed by atoms with Crippen molar-refractivity contribution in [3.05, 3.63) is 28.7 Å². The zero-order chi connectivity index (χ0) is 13.3. The van der Waals surface area contributed by atoms with Crippen molar-refractivity contribution >= 4 is 5.82 Å². The average Bonchev–Trinajstić information content (AvgIpc) is 2.58. The number of nitrogens with zero attached hydrogens (tertiary/aromatic N) is 2. The molecule has 0 spiro atoms. The molecular formula is C12H18N3O3Y-. The van der Waals surface area contributed by atoms with Crippen LogP contribution in [-0.4, -0.2) is 29.4 Å². The van der Waals surface area contributed by atoms with Crippen molar-refractivity contribution in [2.24, 2.45) is 5.92 Å². The Kier molecular flexibility index (Phi) is 6.11. The summed E-state index contributed by atoms with van der Waals surface area (Å²) in [6.07, 6.45) is 1.19. The van der Waals surface area contributed by atoms with Gasteiger partial charge in [0.2, 0.25) is 0 Å². The van der Waals surface area contributed by atoms with Crippen LogP contribution >= 0.6 is 0 Å². The Bertz CT molecular complexity index is 480. The number of anilines is 1. The van der Waals surface area contributed by atoms with Gasteiger partial charge in [0.25, 0.3) is 0 Å². The zero-order valence-electron chi connectivity index (χ0n) is 11.4. The molecule has 0 aromatic carbocycles. The molecule has 6 nitrogen and oxygen atoms in total. The van der Waals surface area contributed by atoms with Crippen molar-refractivity contribution in [2.45, 2.75) is 26.2 Å². The quantitative estimate of drug-likeness (QED) is 0.815. The summed E-state index contributed by atoms with van der Waals surface area (Å²) in [7, 11) is 1.63. The monoisotopic (exact) mass is 341 g/mol. The third kappa shape index (κ3) is 3.42. The fourth-order valence-electron chi connectivity index (χ4n) is 2.15. The minimum atomic E-state index is -0.399. The Morgan fingerprint density at radius 2 is 2.32 bits per heavy atom. The maximum atomic E-state index is 11.8. The minimum absolute atomic E-state index is 0. The molecule has 103 valence electrons. The first-order valence-electron chi connectivity index (χ1n) is 5.87. The average molecular weight is 341 g/mol. The molecule has 7 heteroatoms. The number of aromatic nitrogens is 2. The third-order valence-corrected chi connectivity index (χ3v) is 3.40. The summed E-state index contributed by atoms with van der Waals surface area (Å²) in [4.78, 5) is 15.5. The Hall–Kier alpha value is -0.296. The first-order valence-corrected chi connectivity index (χ1v) is 5.87. The van der Waals surface area contributed by atoms with Gasteiger partial charge in [-0.2, -0.15) is 11.9 Å². The van der Waals surface area contributed by atoms with Gasteiger partial charge in [0, 0.05) is 52.2 Å². The van der Waals surface area contributed by atoms with Gasteiger partial charge in [-0.25, -0.2) is 4.79 Å². The topological polar surface area (TPSA) is 79.4 Å². The van der Waals surface area contributed by atoms with Crippen LogP contribution in [0.15, 0.2) is 17.1 Å². The van der Waals surface area contributed by atoms with Crippen LogP contribution < -0.4 is 11.4 Å². The molecule has 0 aliphatic carbocycles. The second-order valence-corrected chi connectivity index (χ2v) is 4.56. The molecule has 2 rings (SSSR count). The van der Waals surface area contributed by atoms with E-state index in [1.807, 2.05) is 6.92 Å². The molecule has 1 aliphatic rings. The van der Waals surface area contributed by atoms with Crippen molar-refractivity contribution in [1.29, 1.82) is 0 Å². The van der Waals surface area contributed by atoms with E-state index in [-0.39, 0.29) is 56.8 Å². The molecule has 3 atom stereocenters. The first-order chi connectivity index (χ1) is 8.54. The number of methoxy groups -OCH3 is 1. The molecule has 1 fully saturated rings. The molecule has 1 saturated heterocycles. The smallest absolute Gasteiger partial charge is 0.349 e. The summed E-state index contributed by atoms with van der Waals surface area (Å²) < 4.78 is 12.4. The molecule has 0 bridgehead atoms. The van der Waals surface area contributed by atoms with Crippen LogP contribution in [0.25, 0.3) is 0 Å². The van der Waals surface area contributed by atoms with E-state index in [0.29, 0.717) is 6.61 Å². The zero-order valence-corrected chi connectivity index (χ0v) is 14.2. The maximum absolute atomic E-state index is 11.8. The molecule has 0 amide bonds. The molecule has 2 N–H and O–H groups in total. The van der Waals surface area contributed by atoms with Crippen LogP contribution in [0, 0.1) is 11.8 Å². The summed E-state index contributed by atoms with van der Waals surface area (Å²) in [5.41, 5.74) is 5.07. The second kappa shape index (κ2) is 6.93. The van der Waals surface area contributed by atoms with Gasteiger partial charge in [0.1, 0.15) is 5.82 Å². The SMILES string of the molecule is COC[C@H]1O[C@@H](n2ccc(N)nc2=O)[C-](C)[C@@H]1C.[Y]. The molecule has 19 heavy (non-hydrogen) atoms. The van der Waals surface area contributed by atoms with Gasteiger partial charge in [0.15, 0.2) is 0 Å². The Balaban J connectivity index is 0.00000180. The normalized spacial score (nSPS) is 27.2. The van der Waals surface area contributed by atoms with E-state index in [1.54, 1.807) is 19.4 Å². The van der Waals surface area contributed by atoms with E-state index < -0.39 is 5.69 Å². The summed E-state index contributed by atoms with van der Waals surface area (Å²) in [6, 6.07) is 1.59. The van der Waals surface area contributed by atoms with Crippen LogP contribution in [0.5, 0.6) is 0 Å². The largest absolute Gasteiger partial charge is 0.386 e. The van der Waals surface area contributed by atoms with E-state index in [9.17, 15) is 4.79 Å². The molecule has 1 aliphatic heterocycles. The summed E-state index contributed by atoms with van der Waals surface area (Å²) in [5.74, 6) is 1.54. The molecule has 0 unspecified atom stereocenters. The fraction of sp³-hybridized carbons (Fsp3) is 0.583. The summed E-state index contributed by atoms with van der Waals surface area (Å²) in [5, 5.41) is 0. The van der Waals surface area contributed by atoms with Crippen molar-refractivity contribution in [1.82, 2.24) is 9.55 Å². The van der Waals surface area contributed by atoms with E-state index in [1.165, 1.54) is 4.57 Å². The predicted molar refractivity (Wildman–Crippen MR) is 66.8 cm³/mol. The van der Waals surface area contributed by atoms with E-state index in [4.69, 9.17) is 15.2 Å². The summed E-state index contributed by atoms with van der Waals surface area (Å²) in [6.45, 7) is 4.55. The maximum Gasteiger partial charge on any atom is 0.349 e. The number of rotatable bonds is 3. The van der Waals surface area contributed by atoms with E-state index in [0.717, 1.165) is 5.92 Å². The number of hydrogen-bond donors (Lipinski definition) is 1. The van der Waals surface area contributed by atoms with Gasteiger partial charge in [-0.3, -0.25) is 5.92 Å².